The molecule has 26 heavy (non-hydrogen) atoms. The van der Waals surface area contributed by atoms with Crippen LogP contribution in [0.1, 0.15) is 11.1 Å². The molecule has 0 aliphatic rings. The van der Waals surface area contributed by atoms with E-state index in [1.165, 1.54) is 11.1 Å². The number of nitrogens with zero attached hydrogens (tertiary/aromatic N) is 4. The molecule has 0 radical (unpaired) electrons. The second-order valence-corrected chi connectivity index (χ2v) is 6.23. The molecule has 4 rings (SSSR count). The van der Waals surface area contributed by atoms with E-state index in [2.05, 4.69) is 56.9 Å². The van der Waals surface area contributed by atoms with Crippen LogP contribution in [0.3, 0.4) is 0 Å². The lowest BCUT2D eigenvalue weighted by atomic mass is 10.2. The summed E-state index contributed by atoms with van der Waals surface area (Å²) in [6.07, 6.45) is 1.79. The van der Waals surface area contributed by atoms with Gasteiger partial charge in [-0.25, -0.2) is 0 Å². The van der Waals surface area contributed by atoms with Gasteiger partial charge in [0.25, 0.3) is 0 Å². The molecule has 6 nitrogen and oxygen atoms in total. The molecule has 0 atom stereocenters. The van der Waals surface area contributed by atoms with Gasteiger partial charge in [0.2, 0.25) is 5.95 Å². The molecule has 0 amide bonds. The summed E-state index contributed by atoms with van der Waals surface area (Å²) in [7, 11) is 1.88. The second-order valence-electron chi connectivity index (χ2n) is 6.23. The van der Waals surface area contributed by atoms with E-state index >= 15 is 0 Å². The van der Waals surface area contributed by atoms with Crippen LogP contribution in [0.15, 0.2) is 60.8 Å². The van der Waals surface area contributed by atoms with Crippen LogP contribution in [0, 0.1) is 6.92 Å². The zero-order valence-electron chi connectivity index (χ0n) is 14.8. The van der Waals surface area contributed by atoms with E-state index in [1.807, 2.05) is 37.4 Å². The van der Waals surface area contributed by atoms with Gasteiger partial charge in [-0.2, -0.15) is 15.1 Å². The molecule has 6 heteroatoms. The van der Waals surface area contributed by atoms with Crippen LogP contribution < -0.4 is 10.6 Å². The first-order chi connectivity index (χ1) is 12.7. The van der Waals surface area contributed by atoms with Gasteiger partial charge in [0.05, 0.1) is 11.6 Å². The van der Waals surface area contributed by atoms with E-state index in [0.717, 1.165) is 22.5 Å². The van der Waals surface area contributed by atoms with Crippen LogP contribution in [-0.2, 0) is 13.6 Å². The average Bonchev–Trinajstić information content (AvgIpc) is 3.04. The highest BCUT2D eigenvalue weighted by Gasteiger charge is 2.11. The SMILES string of the molecule is Cc1ccc(Nc2nc(NCc3ccccc3)c3cnn(C)c3n2)cc1. The van der Waals surface area contributed by atoms with Crippen molar-refractivity contribution in [2.45, 2.75) is 13.5 Å². The van der Waals surface area contributed by atoms with Crippen LogP contribution in [0.5, 0.6) is 0 Å². The number of aryl methyl sites for hydroxylation is 2. The molecule has 2 N–H and O–H groups in total. The number of hydrogen-bond acceptors (Lipinski definition) is 5. The van der Waals surface area contributed by atoms with Gasteiger partial charge in [0.1, 0.15) is 5.82 Å². The molecule has 0 aliphatic heterocycles. The molecule has 0 spiro atoms. The van der Waals surface area contributed by atoms with Gasteiger partial charge in [-0.3, -0.25) is 4.68 Å². The minimum atomic E-state index is 0.542. The lowest BCUT2D eigenvalue weighted by molar-refractivity contribution is 0.786. The van der Waals surface area contributed by atoms with Crippen molar-refractivity contribution in [2.24, 2.45) is 7.05 Å². The second kappa shape index (κ2) is 6.84. The summed E-state index contributed by atoms with van der Waals surface area (Å²) in [5.74, 6) is 1.31. The van der Waals surface area contributed by atoms with Gasteiger partial charge in [0, 0.05) is 19.3 Å². The number of hydrogen-bond donors (Lipinski definition) is 2. The zero-order valence-corrected chi connectivity index (χ0v) is 14.8. The Morgan fingerprint density at radius 2 is 1.73 bits per heavy atom. The summed E-state index contributed by atoms with van der Waals surface area (Å²) < 4.78 is 1.75. The Kier molecular flexibility index (Phi) is 4.23. The Morgan fingerprint density at radius 3 is 2.50 bits per heavy atom. The molecule has 0 fully saturated rings. The molecular weight excluding hydrogens is 324 g/mol. The maximum absolute atomic E-state index is 4.66. The molecule has 0 aliphatic carbocycles. The molecule has 4 aromatic rings. The smallest absolute Gasteiger partial charge is 0.231 e. The minimum absolute atomic E-state index is 0.542. The Balaban J connectivity index is 1.65. The summed E-state index contributed by atoms with van der Waals surface area (Å²) in [5.41, 5.74) is 4.14. The molecule has 2 aromatic carbocycles. The van der Waals surface area contributed by atoms with Gasteiger partial charge in [0.15, 0.2) is 5.65 Å². The predicted molar refractivity (Wildman–Crippen MR) is 105 cm³/mol. The lowest BCUT2D eigenvalue weighted by Gasteiger charge is -2.10. The van der Waals surface area contributed by atoms with Crippen molar-refractivity contribution in [2.75, 3.05) is 10.6 Å². The normalized spacial score (nSPS) is 10.8. The first-order valence-electron chi connectivity index (χ1n) is 8.50. The third-order valence-electron chi connectivity index (χ3n) is 4.20. The standard InChI is InChI=1S/C20H20N6/c1-14-8-10-16(11-9-14)23-20-24-18(17-13-22-26(2)19(17)25-20)21-12-15-6-4-3-5-7-15/h3-11,13H,12H2,1-2H3,(H2,21,23,24,25). The predicted octanol–water partition coefficient (Wildman–Crippen LogP) is 4.03. The van der Waals surface area contributed by atoms with Crippen molar-refractivity contribution in [3.63, 3.8) is 0 Å². The highest BCUT2D eigenvalue weighted by Crippen LogP contribution is 2.24. The Hall–Kier alpha value is -3.41. The van der Waals surface area contributed by atoms with Crippen LogP contribution in [0.4, 0.5) is 17.5 Å². The fourth-order valence-electron chi connectivity index (χ4n) is 2.76. The Morgan fingerprint density at radius 1 is 0.962 bits per heavy atom. The maximum atomic E-state index is 4.66. The molecule has 2 aromatic heterocycles. The van der Waals surface area contributed by atoms with Crippen LogP contribution in [0.25, 0.3) is 11.0 Å². The molecular formula is C20H20N6. The van der Waals surface area contributed by atoms with Gasteiger partial charge in [-0.15, -0.1) is 0 Å². The van der Waals surface area contributed by atoms with Crippen LogP contribution in [0.2, 0.25) is 0 Å². The van der Waals surface area contributed by atoms with Gasteiger partial charge in [-0.05, 0) is 24.6 Å². The summed E-state index contributed by atoms with van der Waals surface area (Å²) in [6, 6.07) is 18.4. The zero-order chi connectivity index (χ0) is 17.9. The number of aromatic nitrogens is 4. The van der Waals surface area contributed by atoms with Crippen LogP contribution >= 0.6 is 0 Å². The highest BCUT2D eigenvalue weighted by atomic mass is 15.3. The molecule has 130 valence electrons. The van der Waals surface area contributed by atoms with E-state index in [4.69, 9.17) is 0 Å². The summed E-state index contributed by atoms with van der Waals surface area (Å²) >= 11 is 0. The van der Waals surface area contributed by atoms with Gasteiger partial charge in [-0.1, -0.05) is 48.0 Å². The molecule has 0 saturated heterocycles. The van der Waals surface area contributed by atoms with Crippen molar-refractivity contribution in [3.8, 4) is 0 Å². The average molecular weight is 344 g/mol. The fourth-order valence-corrected chi connectivity index (χ4v) is 2.76. The minimum Gasteiger partial charge on any atom is -0.365 e. The number of rotatable bonds is 5. The summed E-state index contributed by atoms with van der Waals surface area (Å²) in [6.45, 7) is 2.75. The molecule has 0 unspecified atom stereocenters. The fraction of sp³-hybridized carbons (Fsp3) is 0.150. The first-order valence-corrected chi connectivity index (χ1v) is 8.50. The Labute approximate surface area is 151 Å². The van der Waals surface area contributed by atoms with E-state index in [0.29, 0.717) is 12.5 Å². The quantitative estimate of drug-likeness (QED) is 0.572. The molecule has 0 bridgehead atoms. The summed E-state index contributed by atoms with van der Waals surface area (Å²) in [5, 5.41) is 11.9. The number of benzene rings is 2. The number of nitrogens with one attached hydrogen (secondary N) is 2. The van der Waals surface area contributed by atoms with E-state index in [-0.39, 0.29) is 0 Å². The van der Waals surface area contributed by atoms with Gasteiger partial charge < -0.3 is 10.6 Å². The summed E-state index contributed by atoms with van der Waals surface area (Å²) in [4.78, 5) is 9.27. The number of anilines is 3. The van der Waals surface area contributed by atoms with E-state index in [1.54, 1.807) is 10.9 Å². The molecule has 2 heterocycles. The molecule has 0 saturated carbocycles. The van der Waals surface area contributed by atoms with Crippen molar-refractivity contribution in [1.82, 2.24) is 19.7 Å². The third kappa shape index (κ3) is 3.35. The van der Waals surface area contributed by atoms with Crippen molar-refractivity contribution in [3.05, 3.63) is 71.9 Å². The third-order valence-corrected chi connectivity index (χ3v) is 4.20. The number of fused-ring (bicyclic) bond motifs is 1. The van der Waals surface area contributed by atoms with Gasteiger partial charge >= 0.3 is 0 Å². The van der Waals surface area contributed by atoms with Crippen LogP contribution in [-0.4, -0.2) is 19.7 Å². The first kappa shape index (κ1) is 16.1. The van der Waals surface area contributed by atoms with E-state index < -0.39 is 0 Å². The Bertz CT molecular complexity index is 1020. The maximum Gasteiger partial charge on any atom is 0.231 e. The topological polar surface area (TPSA) is 67.7 Å². The largest absolute Gasteiger partial charge is 0.365 e. The van der Waals surface area contributed by atoms with Crippen molar-refractivity contribution < 1.29 is 0 Å². The van der Waals surface area contributed by atoms with Crippen molar-refractivity contribution >= 4 is 28.5 Å². The van der Waals surface area contributed by atoms with E-state index in [9.17, 15) is 0 Å². The highest BCUT2D eigenvalue weighted by molar-refractivity contribution is 5.87. The van der Waals surface area contributed by atoms with Crippen molar-refractivity contribution in [1.29, 1.82) is 0 Å². The monoisotopic (exact) mass is 344 g/mol. The lowest BCUT2D eigenvalue weighted by Crippen LogP contribution is -2.06.